The monoisotopic (exact) mass is 354 g/mol. The summed E-state index contributed by atoms with van der Waals surface area (Å²) in [7, 11) is 0. The lowest BCUT2D eigenvalue weighted by atomic mass is 10.2. The third kappa shape index (κ3) is 11.7. The number of hydrogen-bond acceptors (Lipinski definition) is 6. The van der Waals surface area contributed by atoms with Crippen LogP contribution in [-0.2, 0) is 35.1 Å². The summed E-state index contributed by atoms with van der Waals surface area (Å²) in [6.07, 6.45) is 0.295. The summed E-state index contributed by atoms with van der Waals surface area (Å²) < 4.78 is 26.6. The van der Waals surface area contributed by atoms with Gasteiger partial charge in [-0.2, -0.15) is 0 Å². The fourth-order valence-electron chi connectivity index (χ4n) is 1.96. The second-order valence-corrected chi connectivity index (χ2v) is 5.38. The number of benzene rings is 1. The summed E-state index contributed by atoms with van der Waals surface area (Å²) in [6, 6.07) is 10.1. The Kier molecular flexibility index (Phi) is 12.8. The molecular weight excluding hydrogens is 324 g/mol. The van der Waals surface area contributed by atoms with Crippen molar-refractivity contribution in [2.45, 2.75) is 33.0 Å². The number of carbonyl (C=O) groups excluding carboxylic acids is 1. The summed E-state index contributed by atoms with van der Waals surface area (Å²) in [5.74, 6) is -0.347. The Labute approximate surface area is 150 Å². The standard InChI is InChI=1S/C19H30O6/c1-3-24-19(20)17(2)25-15-14-22-13-12-21-10-7-11-23-16-18-8-5-4-6-9-18/h4-6,8-9,17H,3,7,10-16H2,1-2H3/t17-/m0/s1. The summed E-state index contributed by atoms with van der Waals surface area (Å²) in [6.45, 7) is 7.56. The van der Waals surface area contributed by atoms with E-state index < -0.39 is 6.10 Å². The molecule has 1 aromatic rings. The van der Waals surface area contributed by atoms with Crippen LogP contribution in [0.1, 0.15) is 25.8 Å². The Bertz CT molecular complexity index is 437. The van der Waals surface area contributed by atoms with Gasteiger partial charge in [-0.15, -0.1) is 0 Å². The van der Waals surface area contributed by atoms with Gasteiger partial charge in [0.1, 0.15) is 0 Å². The molecule has 0 unspecified atom stereocenters. The molecule has 6 heteroatoms. The van der Waals surface area contributed by atoms with E-state index in [9.17, 15) is 4.79 Å². The van der Waals surface area contributed by atoms with Gasteiger partial charge in [-0.05, 0) is 25.8 Å². The topological polar surface area (TPSA) is 63.2 Å². The lowest BCUT2D eigenvalue weighted by Crippen LogP contribution is -2.25. The van der Waals surface area contributed by atoms with Crippen LogP contribution in [0.4, 0.5) is 0 Å². The van der Waals surface area contributed by atoms with Crippen molar-refractivity contribution in [3.8, 4) is 0 Å². The molecule has 0 radical (unpaired) electrons. The maximum atomic E-state index is 11.3. The fraction of sp³-hybridized carbons (Fsp3) is 0.632. The van der Waals surface area contributed by atoms with Gasteiger partial charge in [0.05, 0.1) is 39.6 Å². The first-order chi connectivity index (χ1) is 12.2. The van der Waals surface area contributed by atoms with Gasteiger partial charge in [0.15, 0.2) is 6.10 Å². The van der Waals surface area contributed by atoms with Crippen LogP contribution in [0, 0.1) is 0 Å². The van der Waals surface area contributed by atoms with E-state index in [1.54, 1.807) is 13.8 Å². The molecule has 0 saturated carbocycles. The highest BCUT2D eigenvalue weighted by atomic mass is 16.6. The number of carbonyl (C=O) groups is 1. The maximum Gasteiger partial charge on any atom is 0.334 e. The molecule has 1 rings (SSSR count). The molecule has 0 fully saturated rings. The van der Waals surface area contributed by atoms with Crippen molar-refractivity contribution in [1.29, 1.82) is 0 Å². The molecule has 1 aromatic carbocycles. The third-order valence-corrected chi connectivity index (χ3v) is 3.27. The van der Waals surface area contributed by atoms with E-state index in [0.29, 0.717) is 52.9 Å². The first-order valence-electron chi connectivity index (χ1n) is 8.79. The second kappa shape index (κ2) is 14.8. The predicted molar refractivity (Wildman–Crippen MR) is 94.4 cm³/mol. The summed E-state index contributed by atoms with van der Waals surface area (Å²) >= 11 is 0. The Balaban J connectivity index is 1.81. The smallest absolute Gasteiger partial charge is 0.334 e. The highest BCUT2D eigenvalue weighted by Gasteiger charge is 2.13. The van der Waals surface area contributed by atoms with Gasteiger partial charge in [-0.3, -0.25) is 0 Å². The Morgan fingerprint density at radius 2 is 1.56 bits per heavy atom. The molecule has 0 bridgehead atoms. The van der Waals surface area contributed by atoms with E-state index in [1.807, 2.05) is 30.3 Å². The van der Waals surface area contributed by atoms with Crippen molar-refractivity contribution < 1.29 is 28.5 Å². The molecule has 0 saturated heterocycles. The minimum Gasteiger partial charge on any atom is -0.464 e. The zero-order valence-corrected chi connectivity index (χ0v) is 15.3. The van der Waals surface area contributed by atoms with Gasteiger partial charge >= 0.3 is 5.97 Å². The van der Waals surface area contributed by atoms with Crippen molar-refractivity contribution in [2.75, 3.05) is 46.2 Å². The van der Waals surface area contributed by atoms with E-state index >= 15 is 0 Å². The van der Waals surface area contributed by atoms with Gasteiger partial charge in [0.25, 0.3) is 0 Å². The summed E-state index contributed by atoms with van der Waals surface area (Å²) in [5, 5.41) is 0. The van der Waals surface area contributed by atoms with Crippen molar-refractivity contribution in [3.63, 3.8) is 0 Å². The Morgan fingerprint density at radius 1 is 0.920 bits per heavy atom. The Morgan fingerprint density at radius 3 is 2.28 bits per heavy atom. The number of rotatable bonds is 15. The van der Waals surface area contributed by atoms with E-state index in [4.69, 9.17) is 23.7 Å². The Hall–Kier alpha value is -1.47. The fourth-order valence-corrected chi connectivity index (χ4v) is 1.96. The molecule has 142 valence electrons. The molecule has 0 heterocycles. The van der Waals surface area contributed by atoms with Crippen molar-refractivity contribution >= 4 is 5.97 Å². The average molecular weight is 354 g/mol. The normalized spacial score (nSPS) is 12.1. The molecule has 0 aliphatic carbocycles. The second-order valence-electron chi connectivity index (χ2n) is 5.38. The average Bonchev–Trinajstić information content (AvgIpc) is 2.63. The van der Waals surface area contributed by atoms with Crippen molar-refractivity contribution in [3.05, 3.63) is 35.9 Å². The predicted octanol–water partition coefficient (Wildman–Crippen LogP) is 2.59. The molecule has 0 aromatic heterocycles. The minimum absolute atomic E-state index is 0.347. The van der Waals surface area contributed by atoms with E-state index in [-0.39, 0.29) is 5.97 Å². The van der Waals surface area contributed by atoms with Gasteiger partial charge in [-0.1, -0.05) is 30.3 Å². The number of esters is 1. The highest BCUT2D eigenvalue weighted by Crippen LogP contribution is 2.00. The molecular formula is C19H30O6. The molecule has 0 spiro atoms. The quantitative estimate of drug-likeness (QED) is 0.356. The zero-order chi connectivity index (χ0) is 18.2. The van der Waals surface area contributed by atoms with Gasteiger partial charge < -0.3 is 23.7 Å². The van der Waals surface area contributed by atoms with Crippen molar-refractivity contribution in [2.24, 2.45) is 0 Å². The largest absolute Gasteiger partial charge is 0.464 e. The van der Waals surface area contributed by atoms with Crippen LogP contribution in [0.3, 0.4) is 0 Å². The molecule has 6 nitrogen and oxygen atoms in total. The van der Waals surface area contributed by atoms with Crippen molar-refractivity contribution in [1.82, 2.24) is 0 Å². The molecule has 0 aliphatic rings. The molecule has 0 amide bonds. The highest BCUT2D eigenvalue weighted by molar-refractivity contribution is 5.74. The lowest BCUT2D eigenvalue weighted by Gasteiger charge is -2.12. The first-order valence-corrected chi connectivity index (χ1v) is 8.79. The van der Waals surface area contributed by atoms with E-state index in [0.717, 1.165) is 6.42 Å². The van der Waals surface area contributed by atoms with Gasteiger partial charge in [-0.25, -0.2) is 4.79 Å². The lowest BCUT2D eigenvalue weighted by molar-refractivity contribution is -0.156. The minimum atomic E-state index is -0.560. The molecule has 0 N–H and O–H groups in total. The molecule has 1 atom stereocenters. The van der Waals surface area contributed by atoms with Crippen LogP contribution >= 0.6 is 0 Å². The van der Waals surface area contributed by atoms with Gasteiger partial charge in [0, 0.05) is 13.2 Å². The first kappa shape index (κ1) is 21.6. The summed E-state index contributed by atoms with van der Waals surface area (Å²) in [5.41, 5.74) is 1.18. The third-order valence-electron chi connectivity index (χ3n) is 3.27. The van der Waals surface area contributed by atoms with Crippen LogP contribution in [0.15, 0.2) is 30.3 Å². The van der Waals surface area contributed by atoms with Crippen LogP contribution in [-0.4, -0.2) is 58.3 Å². The number of hydrogen-bond donors (Lipinski definition) is 0. The van der Waals surface area contributed by atoms with Gasteiger partial charge in [0.2, 0.25) is 0 Å². The molecule has 25 heavy (non-hydrogen) atoms. The maximum absolute atomic E-state index is 11.3. The molecule has 0 aliphatic heterocycles. The number of ether oxygens (including phenoxy) is 5. The summed E-state index contributed by atoms with van der Waals surface area (Å²) in [4.78, 5) is 11.3. The van der Waals surface area contributed by atoms with Crippen LogP contribution in [0.25, 0.3) is 0 Å². The van der Waals surface area contributed by atoms with Crippen LogP contribution < -0.4 is 0 Å². The SMILES string of the molecule is CCOC(=O)[C@H](C)OCCOCCOCCCOCc1ccccc1. The van der Waals surface area contributed by atoms with Crippen LogP contribution in [0.2, 0.25) is 0 Å². The van der Waals surface area contributed by atoms with E-state index in [1.165, 1.54) is 5.56 Å². The van der Waals surface area contributed by atoms with E-state index in [2.05, 4.69) is 0 Å². The van der Waals surface area contributed by atoms with Crippen LogP contribution in [0.5, 0.6) is 0 Å². The zero-order valence-electron chi connectivity index (χ0n) is 15.3.